The van der Waals surface area contributed by atoms with E-state index in [1.807, 2.05) is 30.2 Å². The molecule has 170 valence electrons. The molecule has 0 radical (unpaired) electrons. The third-order valence-electron chi connectivity index (χ3n) is 5.35. The molecule has 0 saturated carbocycles. The molecular formula is C22H27N5O4S. The van der Waals surface area contributed by atoms with Gasteiger partial charge < -0.3 is 15.1 Å². The second-order valence-corrected chi connectivity index (χ2v) is 8.61. The van der Waals surface area contributed by atoms with Crippen LogP contribution in [0.2, 0.25) is 0 Å². The van der Waals surface area contributed by atoms with Crippen molar-refractivity contribution in [1.82, 2.24) is 15.2 Å². The number of pyridine rings is 1. The van der Waals surface area contributed by atoms with Gasteiger partial charge in [-0.3, -0.25) is 19.7 Å². The van der Waals surface area contributed by atoms with Gasteiger partial charge in [-0.25, -0.2) is 4.98 Å². The number of hydrogen-bond donors (Lipinski definition) is 1. The molecule has 1 saturated heterocycles. The number of thioether (sulfide) groups is 1. The summed E-state index contributed by atoms with van der Waals surface area (Å²) in [6.45, 7) is 4.04. The number of rotatable bonds is 8. The predicted molar refractivity (Wildman–Crippen MR) is 125 cm³/mol. The highest BCUT2D eigenvalue weighted by molar-refractivity contribution is 7.98. The summed E-state index contributed by atoms with van der Waals surface area (Å²) >= 11 is 1.63. The van der Waals surface area contributed by atoms with E-state index < -0.39 is 11.0 Å². The SMILES string of the molecule is CSCCC(NC(=O)c1cccc(C)c1)C(=O)N1CCN(c2ccc([N+](=O)[O-])cn2)CC1. The molecule has 0 aliphatic carbocycles. The topological polar surface area (TPSA) is 109 Å². The van der Waals surface area contributed by atoms with Crippen molar-refractivity contribution in [2.75, 3.05) is 43.1 Å². The summed E-state index contributed by atoms with van der Waals surface area (Å²) in [6.07, 6.45) is 3.77. The Bertz CT molecular complexity index is 961. The third-order valence-corrected chi connectivity index (χ3v) is 6.00. The van der Waals surface area contributed by atoms with Crippen LogP contribution in [0, 0.1) is 17.0 Å². The van der Waals surface area contributed by atoms with Gasteiger partial charge in [-0.05, 0) is 43.6 Å². The smallest absolute Gasteiger partial charge is 0.287 e. The molecule has 0 spiro atoms. The fraction of sp³-hybridized carbons (Fsp3) is 0.409. The number of anilines is 1. The van der Waals surface area contributed by atoms with Crippen molar-refractivity contribution in [2.24, 2.45) is 0 Å². The minimum atomic E-state index is -0.584. The first-order valence-electron chi connectivity index (χ1n) is 10.4. The van der Waals surface area contributed by atoms with Gasteiger partial charge in [0.2, 0.25) is 5.91 Å². The molecule has 1 aliphatic rings. The van der Waals surface area contributed by atoms with E-state index >= 15 is 0 Å². The zero-order valence-electron chi connectivity index (χ0n) is 18.2. The number of aromatic nitrogens is 1. The van der Waals surface area contributed by atoms with Crippen LogP contribution in [0.1, 0.15) is 22.3 Å². The highest BCUT2D eigenvalue weighted by Gasteiger charge is 2.29. The second-order valence-electron chi connectivity index (χ2n) is 7.62. The number of hydrogen-bond acceptors (Lipinski definition) is 7. The lowest BCUT2D eigenvalue weighted by molar-refractivity contribution is -0.385. The summed E-state index contributed by atoms with van der Waals surface area (Å²) in [7, 11) is 0. The van der Waals surface area contributed by atoms with Gasteiger partial charge in [-0.1, -0.05) is 17.7 Å². The highest BCUT2D eigenvalue weighted by atomic mass is 32.2. The van der Waals surface area contributed by atoms with E-state index in [0.29, 0.717) is 44.0 Å². The zero-order chi connectivity index (χ0) is 23.1. The van der Waals surface area contributed by atoms with Crippen LogP contribution in [0.5, 0.6) is 0 Å². The van der Waals surface area contributed by atoms with Crippen LogP contribution >= 0.6 is 11.8 Å². The molecule has 1 unspecified atom stereocenters. The van der Waals surface area contributed by atoms with Gasteiger partial charge in [-0.15, -0.1) is 0 Å². The Labute approximate surface area is 191 Å². The third kappa shape index (κ3) is 5.97. The number of carbonyl (C=O) groups excluding carboxylic acids is 2. The number of piperazine rings is 1. The molecule has 1 aromatic carbocycles. The summed E-state index contributed by atoms with van der Waals surface area (Å²) < 4.78 is 0. The Hall–Kier alpha value is -3.14. The van der Waals surface area contributed by atoms with E-state index in [2.05, 4.69) is 10.3 Å². The number of nitrogens with zero attached hydrogens (tertiary/aromatic N) is 4. The van der Waals surface area contributed by atoms with Gasteiger partial charge in [0, 0.05) is 37.8 Å². The molecule has 2 aromatic rings. The van der Waals surface area contributed by atoms with E-state index in [4.69, 9.17) is 0 Å². The van der Waals surface area contributed by atoms with Crippen LogP contribution in [0.4, 0.5) is 11.5 Å². The van der Waals surface area contributed by atoms with Gasteiger partial charge in [0.15, 0.2) is 0 Å². The summed E-state index contributed by atoms with van der Waals surface area (Å²) in [5, 5.41) is 13.7. The number of benzene rings is 1. The van der Waals surface area contributed by atoms with Gasteiger partial charge in [0.25, 0.3) is 11.6 Å². The average Bonchev–Trinajstić information content (AvgIpc) is 2.81. The molecule has 32 heavy (non-hydrogen) atoms. The quantitative estimate of drug-likeness (QED) is 0.479. The molecule has 10 heteroatoms. The number of carbonyl (C=O) groups is 2. The Balaban J connectivity index is 1.61. The minimum Gasteiger partial charge on any atom is -0.353 e. The molecule has 1 aliphatic heterocycles. The molecule has 2 amide bonds. The summed E-state index contributed by atoms with van der Waals surface area (Å²) in [5.74, 6) is 1.07. The van der Waals surface area contributed by atoms with Crippen molar-refractivity contribution in [3.63, 3.8) is 0 Å². The molecule has 1 atom stereocenters. The van der Waals surface area contributed by atoms with Crippen LogP contribution in [0.25, 0.3) is 0 Å². The first-order chi connectivity index (χ1) is 15.4. The van der Waals surface area contributed by atoms with Crippen molar-refractivity contribution < 1.29 is 14.5 Å². The van der Waals surface area contributed by atoms with E-state index in [-0.39, 0.29) is 17.5 Å². The molecule has 0 bridgehead atoms. The van der Waals surface area contributed by atoms with E-state index in [0.717, 1.165) is 11.3 Å². The number of amides is 2. The normalized spacial score (nSPS) is 14.7. The summed E-state index contributed by atoms with van der Waals surface area (Å²) in [4.78, 5) is 44.2. The number of aryl methyl sites for hydroxylation is 1. The molecule has 2 heterocycles. The first-order valence-corrected chi connectivity index (χ1v) is 11.8. The van der Waals surface area contributed by atoms with Gasteiger partial charge in [-0.2, -0.15) is 11.8 Å². The lowest BCUT2D eigenvalue weighted by atomic mass is 10.1. The maximum atomic E-state index is 13.2. The van der Waals surface area contributed by atoms with Crippen LogP contribution < -0.4 is 10.2 Å². The fourth-order valence-corrected chi connectivity index (χ4v) is 4.04. The second kappa shape index (κ2) is 10.9. The fourth-order valence-electron chi connectivity index (χ4n) is 3.57. The van der Waals surface area contributed by atoms with Crippen molar-refractivity contribution in [3.8, 4) is 0 Å². The van der Waals surface area contributed by atoms with Gasteiger partial charge >= 0.3 is 0 Å². The highest BCUT2D eigenvalue weighted by Crippen LogP contribution is 2.18. The molecule has 1 aromatic heterocycles. The monoisotopic (exact) mass is 457 g/mol. The summed E-state index contributed by atoms with van der Waals surface area (Å²) in [6, 6.07) is 9.77. The molecule has 1 fully saturated rings. The standard InChI is InChI=1S/C22H27N5O4S/c1-16-4-3-5-17(14-16)21(28)24-19(8-13-32-2)22(29)26-11-9-25(10-12-26)20-7-6-18(15-23-20)27(30)31/h3-7,14-15,19H,8-13H2,1-2H3,(H,24,28). The van der Waals surface area contributed by atoms with Crippen LogP contribution in [-0.2, 0) is 4.79 Å². The van der Waals surface area contributed by atoms with Crippen LogP contribution in [-0.4, -0.2) is 70.9 Å². The number of nitrogens with one attached hydrogen (secondary N) is 1. The lowest BCUT2D eigenvalue weighted by Gasteiger charge is -2.37. The van der Waals surface area contributed by atoms with Crippen LogP contribution in [0.3, 0.4) is 0 Å². The van der Waals surface area contributed by atoms with Crippen molar-refractivity contribution in [2.45, 2.75) is 19.4 Å². The molecular weight excluding hydrogens is 430 g/mol. The summed E-state index contributed by atoms with van der Waals surface area (Å²) in [5.41, 5.74) is 1.48. The molecule has 1 N–H and O–H groups in total. The van der Waals surface area contributed by atoms with E-state index in [9.17, 15) is 19.7 Å². The van der Waals surface area contributed by atoms with Crippen molar-refractivity contribution in [1.29, 1.82) is 0 Å². The van der Waals surface area contributed by atoms with Gasteiger partial charge in [0.05, 0.1) is 4.92 Å². The predicted octanol–water partition coefficient (Wildman–Crippen LogP) is 2.50. The Morgan fingerprint density at radius 3 is 2.56 bits per heavy atom. The maximum Gasteiger partial charge on any atom is 0.287 e. The van der Waals surface area contributed by atoms with E-state index in [1.54, 1.807) is 34.9 Å². The number of nitro groups is 1. The Morgan fingerprint density at radius 2 is 1.97 bits per heavy atom. The van der Waals surface area contributed by atoms with Gasteiger partial charge in [0.1, 0.15) is 18.1 Å². The maximum absolute atomic E-state index is 13.2. The van der Waals surface area contributed by atoms with Crippen molar-refractivity contribution >= 4 is 35.1 Å². The van der Waals surface area contributed by atoms with E-state index in [1.165, 1.54) is 12.3 Å². The average molecular weight is 458 g/mol. The zero-order valence-corrected chi connectivity index (χ0v) is 19.0. The van der Waals surface area contributed by atoms with Crippen LogP contribution in [0.15, 0.2) is 42.6 Å². The lowest BCUT2D eigenvalue weighted by Crippen LogP contribution is -2.55. The Morgan fingerprint density at radius 1 is 1.22 bits per heavy atom. The van der Waals surface area contributed by atoms with Crippen molar-refractivity contribution in [3.05, 3.63) is 63.8 Å². The largest absolute Gasteiger partial charge is 0.353 e. The Kier molecular flexibility index (Phi) is 8.04. The molecule has 3 rings (SSSR count). The first kappa shape index (κ1) is 23.5. The minimum absolute atomic E-state index is 0.0523. The molecule has 9 nitrogen and oxygen atoms in total.